The lowest BCUT2D eigenvalue weighted by molar-refractivity contribution is 0.00178. The third-order valence-corrected chi connectivity index (χ3v) is 3.34. The minimum absolute atomic E-state index is 0.440. The number of rotatable bonds is 4. The van der Waals surface area contributed by atoms with E-state index in [1.165, 1.54) is 19.5 Å². The summed E-state index contributed by atoms with van der Waals surface area (Å²) in [4.78, 5) is 2.40. The highest BCUT2D eigenvalue weighted by molar-refractivity contribution is 4.83. The Hall–Kier alpha value is -0.0800. The van der Waals surface area contributed by atoms with E-state index >= 15 is 0 Å². The molecule has 1 aliphatic heterocycles. The molecule has 1 unspecified atom stereocenters. The van der Waals surface area contributed by atoms with Gasteiger partial charge in [-0.2, -0.15) is 0 Å². The van der Waals surface area contributed by atoms with Gasteiger partial charge in [0.15, 0.2) is 0 Å². The molecule has 13 heavy (non-hydrogen) atoms. The quantitative estimate of drug-likeness (QED) is 0.723. The van der Waals surface area contributed by atoms with Crippen LogP contribution in [0.25, 0.3) is 0 Å². The van der Waals surface area contributed by atoms with Crippen molar-refractivity contribution in [1.29, 1.82) is 0 Å². The van der Waals surface area contributed by atoms with E-state index in [0.29, 0.717) is 0 Å². The van der Waals surface area contributed by atoms with Crippen LogP contribution in [0.5, 0.6) is 0 Å². The molecule has 0 aromatic rings. The van der Waals surface area contributed by atoms with Crippen LogP contribution in [0.2, 0.25) is 0 Å². The summed E-state index contributed by atoms with van der Waals surface area (Å²) >= 11 is 0. The van der Waals surface area contributed by atoms with Crippen molar-refractivity contribution in [3.8, 4) is 0 Å². The first-order valence-corrected chi connectivity index (χ1v) is 5.54. The van der Waals surface area contributed by atoms with Crippen LogP contribution >= 0.6 is 0 Å². The van der Waals surface area contributed by atoms with Crippen LogP contribution in [0.4, 0.5) is 0 Å². The summed E-state index contributed by atoms with van der Waals surface area (Å²) in [5.41, 5.74) is -0.440. The van der Waals surface area contributed by atoms with Crippen LogP contribution in [0.15, 0.2) is 0 Å². The Kier molecular flexibility index (Phi) is 3.74. The third-order valence-electron chi connectivity index (χ3n) is 3.34. The Morgan fingerprint density at radius 3 is 2.38 bits per heavy atom. The van der Waals surface area contributed by atoms with Gasteiger partial charge in [0, 0.05) is 13.1 Å². The zero-order valence-corrected chi connectivity index (χ0v) is 9.21. The SMILES string of the molecule is CCC(O)(CC)CN1CCC(C)C1. The van der Waals surface area contributed by atoms with Crippen molar-refractivity contribution >= 4 is 0 Å². The van der Waals surface area contributed by atoms with Crippen LogP contribution in [0.3, 0.4) is 0 Å². The van der Waals surface area contributed by atoms with Crippen LogP contribution in [-0.4, -0.2) is 35.2 Å². The lowest BCUT2D eigenvalue weighted by Crippen LogP contribution is -2.41. The fourth-order valence-corrected chi connectivity index (χ4v) is 2.06. The maximum atomic E-state index is 10.1. The van der Waals surface area contributed by atoms with E-state index in [9.17, 15) is 5.11 Å². The molecule has 1 atom stereocenters. The van der Waals surface area contributed by atoms with E-state index in [1.807, 2.05) is 0 Å². The number of likely N-dealkylation sites (tertiary alicyclic amines) is 1. The lowest BCUT2D eigenvalue weighted by atomic mass is 9.97. The Morgan fingerprint density at radius 1 is 1.38 bits per heavy atom. The van der Waals surface area contributed by atoms with Gasteiger partial charge in [-0.05, 0) is 31.7 Å². The van der Waals surface area contributed by atoms with E-state index in [2.05, 4.69) is 25.7 Å². The standard InChI is InChI=1S/C11H23NO/c1-4-11(13,5-2)9-12-7-6-10(3)8-12/h10,13H,4-9H2,1-3H3. The molecule has 1 fully saturated rings. The van der Waals surface area contributed by atoms with Gasteiger partial charge in [-0.25, -0.2) is 0 Å². The zero-order valence-electron chi connectivity index (χ0n) is 9.21. The maximum absolute atomic E-state index is 10.1. The van der Waals surface area contributed by atoms with E-state index in [4.69, 9.17) is 0 Å². The number of aliphatic hydroxyl groups is 1. The van der Waals surface area contributed by atoms with Gasteiger partial charge in [0.05, 0.1) is 5.60 Å². The molecule has 1 heterocycles. The lowest BCUT2D eigenvalue weighted by Gasteiger charge is -2.30. The number of hydrogen-bond donors (Lipinski definition) is 1. The maximum Gasteiger partial charge on any atom is 0.0768 e. The van der Waals surface area contributed by atoms with Crippen LogP contribution in [0, 0.1) is 5.92 Å². The summed E-state index contributed by atoms with van der Waals surface area (Å²) in [6.45, 7) is 9.64. The third kappa shape index (κ3) is 2.96. The Balaban J connectivity index is 2.38. The molecular weight excluding hydrogens is 162 g/mol. The summed E-state index contributed by atoms with van der Waals surface area (Å²) in [5.74, 6) is 0.818. The highest BCUT2D eigenvalue weighted by atomic mass is 16.3. The summed E-state index contributed by atoms with van der Waals surface area (Å²) < 4.78 is 0. The monoisotopic (exact) mass is 185 g/mol. The van der Waals surface area contributed by atoms with Gasteiger partial charge in [0.25, 0.3) is 0 Å². The first-order valence-electron chi connectivity index (χ1n) is 5.54. The van der Waals surface area contributed by atoms with Crippen molar-refractivity contribution in [2.45, 2.75) is 45.6 Å². The van der Waals surface area contributed by atoms with Gasteiger partial charge in [-0.3, -0.25) is 0 Å². The van der Waals surface area contributed by atoms with Gasteiger partial charge in [-0.1, -0.05) is 20.8 Å². The van der Waals surface area contributed by atoms with Crippen LogP contribution < -0.4 is 0 Å². The molecule has 0 radical (unpaired) electrons. The molecule has 0 amide bonds. The topological polar surface area (TPSA) is 23.5 Å². The first kappa shape index (κ1) is 11.0. The predicted octanol–water partition coefficient (Wildman–Crippen LogP) is 1.88. The average Bonchev–Trinajstić information content (AvgIpc) is 2.51. The molecule has 2 heteroatoms. The van der Waals surface area contributed by atoms with Crippen molar-refractivity contribution in [1.82, 2.24) is 4.90 Å². The van der Waals surface area contributed by atoms with Crippen molar-refractivity contribution in [2.75, 3.05) is 19.6 Å². The van der Waals surface area contributed by atoms with Crippen LogP contribution in [0.1, 0.15) is 40.0 Å². The second-order valence-electron chi connectivity index (χ2n) is 4.56. The molecule has 1 aliphatic rings. The van der Waals surface area contributed by atoms with Gasteiger partial charge in [0.1, 0.15) is 0 Å². The van der Waals surface area contributed by atoms with Crippen molar-refractivity contribution in [3.63, 3.8) is 0 Å². The minimum Gasteiger partial charge on any atom is -0.389 e. The molecule has 1 rings (SSSR count). The summed E-state index contributed by atoms with van der Waals surface area (Å²) in [6.07, 6.45) is 3.03. The zero-order chi connectivity index (χ0) is 9.90. The highest BCUT2D eigenvalue weighted by Gasteiger charge is 2.28. The molecule has 2 nitrogen and oxygen atoms in total. The molecule has 0 spiro atoms. The molecule has 0 saturated carbocycles. The minimum atomic E-state index is -0.440. The molecular formula is C11H23NO. The molecule has 0 bridgehead atoms. The number of hydrogen-bond acceptors (Lipinski definition) is 2. The fraction of sp³-hybridized carbons (Fsp3) is 1.00. The normalized spacial score (nSPS) is 25.4. The summed E-state index contributed by atoms with van der Waals surface area (Å²) in [6, 6.07) is 0. The van der Waals surface area contributed by atoms with Crippen molar-refractivity contribution in [3.05, 3.63) is 0 Å². The fourth-order valence-electron chi connectivity index (χ4n) is 2.06. The number of β-amino-alcohol motifs (C(OH)–C–C–N with tert-alkyl or cyclic N) is 1. The second-order valence-corrected chi connectivity index (χ2v) is 4.56. The van der Waals surface area contributed by atoms with Crippen molar-refractivity contribution < 1.29 is 5.11 Å². The van der Waals surface area contributed by atoms with Gasteiger partial charge < -0.3 is 10.0 Å². The first-order chi connectivity index (χ1) is 6.09. The summed E-state index contributed by atoms with van der Waals surface area (Å²) in [7, 11) is 0. The predicted molar refractivity (Wildman–Crippen MR) is 55.8 cm³/mol. The van der Waals surface area contributed by atoms with E-state index in [0.717, 1.165) is 25.3 Å². The average molecular weight is 185 g/mol. The Bertz CT molecular complexity index is 154. The van der Waals surface area contributed by atoms with Gasteiger partial charge in [-0.15, -0.1) is 0 Å². The molecule has 0 aliphatic carbocycles. The number of nitrogens with zero attached hydrogens (tertiary/aromatic N) is 1. The molecule has 1 N–H and O–H groups in total. The van der Waals surface area contributed by atoms with Crippen molar-refractivity contribution in [2.24, 2.45) is 5.92 Å². The van der Waals surface area contributed by atoms with Crippen LogP contribution in [-0.2, 0) is 0 Å². The van der Waals surface area contributed by atoms with Gasteiger partial charge >= 0.3 is 0 Å². The van der Waals surface area contributed by atoms with E-state index in [-0.39, 0.29) is 0 Å². The Labute approximate surface area is 81.9 Å². The summed E-state index contributed by atoms with van der Waals surface area (Å²) in [5, 5.41) is 10.1. The van der Waals surface area contributed by atoms with E-state index < -0.39 is 5.60 Å². The van der Waals surface area contributed by atoms with Gasteiger partial charge in [0.2, 0.25) is 0 Å². The highest BCUT2D eigenvalue weighted by Crippen LogP contribution is 2.21. The molecule has 0 aromatic heterocycles. The smallest absolute Gasteiger partial charge is 0.0768 e. The molecule has 78 valence electrons. The van der Waals surface area contributed by atoms with E-state index in [1.54, 1.807) is 0 Å². The molecule has 1 saturated heterocycles. The Morgan fingerprint density at radius 2 is 2.00 bits per heavy atom. The largest absolute Gasteiger partial charge is 0.389 e. The molecule has 0 aromatic carbocycles. The second kappa shape index (κ2) is 4.43.